The zero-order valence-electron chi connectivity index (χ0n) is 13.8. The Bertz CT molecular complexity index is 665. The van der Waals surface area contributed by atoms with E-state index in [4.69, 9.17) is 5.73 Å². The fourth-order valence-corrected chi connectivity index (χ4v) is 2.44. The van der Waals surface area contributed by atoms with Crippen molar-refractivity contribution in [2.75, 3.05) is 10.6 Å². The van der Waals surface area contributed by atoms with Crippen LogP contribution in [0.5, 0.6) is 0 Å². The number of rotatable bonds is 0. The van der Waals surface area contributed by atoms with Crippen LogP contribution in [-0.2, 0) is 14.4 Å². The molecule has 2 rings (SSSR count). The van der Waals surface area contributed by atoms with E-state index in [9.17, 15) is 14.4 Å². The SMILES string of the molecule is CC1(N)C/C=C/CCCCC(=O)Nc2ccccc2NC(=O)C1=O. The molecule has 0 saturated heterocycles. The van der Waals surface area contributed by atoms with Crippen LogP contribution >= 0.6 is 0 Å². The van der Waals surface area contributed by atoms with Gasteiger partial charge in [0, 0.05) is 6.42 Å². The van der Waals surface area contributed by atoms with Gasteiger partial charge in [-0.15, -0.1) is 0 Å². The molecule has 1 aliphatic heterocycles. The number of carbonyl (C=O) groups excluding carboxylic acids is 3. The van der Waals surface area contributed by atoms with Gasteiger partial charge >= 0.3 is 0 Å². The van der Waals surface area contributed by atoms with E-state index >= 15 is 0 Å². The fraction of sp³-hybridized carbons (Fsp3) is 0.389. The van der Waals surface area contributed by atoms with Gasteiger partial charge in [-0.05, 0) is 44.7 Å². The van der Waals surface area contributed by atoms with Gasteiger partial charge in [0.1, 0.15) is 0 Å². The predicted molar refractivity (Wildman–Crippen MR) is 93.5 cm³/mol. The van der Waals surface area contributed by atoms with Gasteiger partial charge in [-0.1, -0.05) is 24.3 Å². The van der Waals surface area contributed by atoms with E-state index in [1.165, 1.54) is 0 Å². The standard InChI is InChI=1S/C18H23N3O3/c1-18(19)12-8-4-2-3-5-11-15(22)20-13-9-6-7-10-14(13)21-17(24)16(18)23/h4,6-10H,2-3,5,11-12,19H2,1H3,(H,20,22)(H,21,24)/b8-4+. The van der Waals surface area contributed by atoms with Crippen LogP contribution in [-0.4, -0.2) is 23.1 Å². The first-order valence-electron chi connectivity index (χ1n) is 8.09. The zero-order valence-corrected chi connectivity index (χ0v) is 13.8. The maximum Gasteiger partial charge on any atom is 0.293 e. The van der Waals surface area contributed by atoms with Crippen LogP contribution < -0.4 is 16.4 Å². The summed E-state index contributed by atoms with van der Waals surface area (Å²) in [7, 11) is 0. The molecule has 1 aliphatic rings. The van der Waals surface area contributed by atoms with E-state index in [0.29, 0.717) is 17.8 Å². The molecule has 1 unspecified atom stereocenters. The van der Waals surface area contributed by atoms with Gasteiger partial charge in [0.2, 0.25) is 11.7 Å². The van der Waals surface area contributed by atoms with Gasteiger partial charge in [-0.2, -0.15) is 0 Å². The average molecular weight is 329 g/mol. The maximum absolute atomic E-state index is 12.3. The number of amides is 2. The van der Waals surface area contributed by atoms with Crippen molar-refractivity contribution in [3.8, 4) is 0 Å². The Hall–Kier alpha value is -2.47. The second-order valence-corrected chi connectivity index (χ2v) is 6.22. The van der Waals surface area contributed by atoms with Gasteiger partial charge < -0.3 is 16.4 Å². The number of carbonyl (C=O) groups is 3. The smallest absolute Gasteiger partial charge is 0.293 e. The molecule has 1 aromatic carbocycles. The highest BCUT2D eigenvalue weighted by molar-refractivity contribution is 6.43. The summed E-state index contributed by atoms with van der Waals surface area (Å²) in [5.41, 5.74) is 5.59. The normalized spacial score (nSPS) is 24.8. The summed E-state index contributed by atoms with van der Waals surface area (Å²) in [6.07, 6.45) is 6.89. The van der Waals surface area contributed by atoms with Crippen molar-refractivity contribution < 1.29 is 14.4 Å². The summed E-state index contributed by atoms with van der Waals surface area (Å²) >= 11 is 0. The molecule has 2 amide bonds. The van der Waals surface area contributed by atoms with Crippen molar-refractivity contribution in [2.24, 2.45) is 5.73 Å². The highest BCUT2D eigenvalue weighted by Crippen LogP contribution is 2.22. The molecular formula is C18H23N3O3. The van der Waals surface area contributed by atoms with Crippen LogP contribution in [0.3, 0.4) is 0 Å². The van der Waals surface area contributed by atoms with Crippen molar-refractivity contribution in [1.82, 2.24) is 0 Å². The highest BCUT2D eigenvalue weighted by Gasteiger charge is 2.33. The summed E-state index contributed by atoms with van der Waals surface area (Å²) in [6, 6.07) is 6.78. The second kappa shape index (κ2) is 7.88. The third kappa shape index (κ3) is 4.76. The quantitative estimate of drug-likeness (QED) is 0.502. The third-order valence-electron chi connectivity index (χ3n) is 3.91. The van der Waals surface area contributed by atoms with E-state index in [1.54, 1.807) is 31.2 Å². The number of para-hydroxylation sites is 2. The lowest BCUT2D eigenvalue weighted by Crippen LogP contribution is -2.50. The molecule has 0 fully saturated rings. The van der Waals surface area contributed by atoms with Crippen molar-refractivity contribution in [2.45, 2.75) is 44.6 Å². The van der Waals surface area contributed by atoms with Crippen LogP contribution in [0.2, 0.25) is 0 Å². The lowest BCUT2D eigenvalue weighted by atomic mass is 9.92. The molecule has 0 aliphatic carbocycles. The molecule has 6 nitrogen and oxygen atoms in total. The summed E-state index contributed by atoms with van der Waals surface area (Å²) in [5.74, 6) is -1.60. The summed E-state index contributed by atoms with van der Waals surface area (Å²) in [4.78, 5) is 36.6. The Morgan fingerprint density at radius 3 is 2.38 bits per heavy atom. The summed E-state index contributed by atoms with van der Waals surface area (Å²) in [6.45, 7) is 1.55. The lowest BCUT2D eigenvalue weighted by Gasteiger charge is -2.21. The van der Waals surface area contributed by atoms with Crippen LogP contribution in [0.1, 0.15) is 39.0 Å². The predicted octanol–water partition coefficient (Wildman–Crippen LogP) is 2.37. The van der Waals surface area contributed by atoms with E-state index in [-0.39, 0.29) is 12.3 Å². The van der Waals surface area contributed by atoms with Crippen LogP contribution in [0.25, 0.3) is 0 Å². The molecule has 0 spiro atoms. The van der Waals surface area contributed by atoms with Gasteiger partial charge in [0.25, 0.3) is 5.91 Å². The van der Waals surface area contributed by atoms with Crippen molar-refractivity contribution in [3.63, 3.8) is 0 Å². The molecule has 24 heavy (non-hydrogen) atoms. The first-order chi connectivity index (χ1) is 11.4. The molecule has 128 valence electrons. The van der Waals surface area contributed by atoms with Gasteiger partial charge in [0.15, 0.2) is 0 Å². The molecule has 1 aromatic rings. The monoisotopic (exact) mass is 329 g/mol. The maximum atomic E-state index is 12.3. The minimum absolute atomic E-state index is 0.120. The largest absolute Gasteiger partial charge is 0.324 e. The first-order valence-corrected chi connectivity index (χ1v) is 8.09. The Morgan fingerprint density at radius 2 is 1.67 bits per heavy atom. The first kappa shape index (κ1) is 17.9. The Labute approximate surface area is 141 Å². The Kier molecular flexibility index (Phi) is 5.87. The third-order valence-corrected chi connectivity index (χ3v) is 3.91. The number of hydrogen-bond acceptors (Lipinski definition) is 4. The van der Waals surface area contributed by atoms with Crippen molar-refractivity contribution in [1.29, 1.82) is 0 Å². The number of Topliss-reactive ketones (excluding diaryl/α,β-unsaturated/α-hetero) is 1. The molecule has 1 atom stereocenters. The average Bonchev–Trinajstić information content (AvgIpc) is 2.54. The Morgan fingerprint density at radius 1 is 1.00 bits per heavy atom. The molecule has 6 heteroatoms. The second-order valence-electron chi connectivity index (χ2n) is 6.22. The number of allylic oxidation sites excluding steroid dienone is 1. The number of anilines is 2. The van der Waals surface area contributed by atoms with Gasteiger partial charge in [0.05, 0.1) is 16.9 Å². The molecule has 0 saturated carbocycles. The number of nitrogens with two attached hydrogens (primary N) is 1. The number of ketones is 1. The molecule has 0 bridgehead atoms. The molecule has 1 heterocycles. The number of hydrogen-bond donors (Lipinski definition) is 3. The molecule has 0 aromatic heterocycles. The van der Waals surface area contributed by atoms with Crippen molar-refractivity contribution >= 4 is 29.0 Å². The molecule has 4 N–H and O–H groups in total. The van der Waals surface area contributed by atoms with Crippen LogP contribution in [0.4, 0.5) is 11.4 Å². The molecule has 0 radical (unpaired) electrons. The summed E-state index contributed by atoms with van der Waals surface area (Å²) < 4.78 is 0. The number of benzene rings is 1. The minimum Gasteiger partial charge on any atom is -0.324 e. The summed E-state index contributed by atoms with van der Waals surface area (Å²) in [5, 5.41) is 5.32. The molecular weight excluding hydrogens is 306 g/mol. The van der Waals surface area contributed by atoms with E-state index in [1.807, 2.05) is 12.2 Å². The van der Waals surface area contributed by atoms with E-state index in [0.717, 1.165) is 19.3 Å². The van der Waals surface area contributed by atoms with Gasteiger partial charge in [-0.25, -0.2) is 0 Å². The Balaban J connectivity index is 2.27. The van der Waals surface area contributed by atoms with Crippen LogP contribution in [0, 0.1) is 0 Å². The highest BCUT2D eigenvalue weighted by atomic mass is 16.2. The van der Waals surface area contributed by atoms with Gasteiger partial charge in [-0.3, -0.25) is 14.4 Å². The topological polar surface area (TPSA) is 101 Å². The van der Waals surface area contributed by atoms with E-state index < -0.39 is 17.2 Å². The number of fused-ring (bicyclic) bond motifs is 1. The minimum atomic E-state index is -1.26. The van der Waals surface area contributed by atoms with E-state index in [2.05, 4.69) is 10.6 Å². The zero-order chi connectivity index (χ0) is 17.6. The lowest BCUT2D eigenvalue weighted by molar-refractivity contribution is -0.137. The fourth-order valence-electron chi connectivity index (χ4n) is 2.44. The number of nitrogens with one attached hydrogen (secondary N) is 2. The van der Waals surface area contributed by atoms with Crippen LogP contribution in [0.15, 0.2) is 36.4 Å². The van der Waals surface area contributed by atoms with Crippen molar-refractivity contribution in [3.05, 3.63) is 36.4 Å².